The standard InChI is InChI=1S/C19H24N2O.ClH/c1-3-18(13-15-7-5-4-6-8-15)21(2)19(22)17-11-9-16(14-20)10-12-17;/h4-12,18H,3,13-14,20H2,1-2H3;1H. The summed E-state index contributed by atoms with van der Waals surface area (Å²) in [5.74, 6) is 0.0614. The lowest BCUT2D eigenvalue weighted by atomic mass is 10.0. The average molecular weight is 333 g/mol. The highest BCUT2D eigenvalue weighted by Gasteiger charge is 2.20. The molecule has 0 saturated heterocycles. The molecule has 3 nitrogen and oxygen atoms in total. The predicted molar refractivity (Wildman–Crippen MR) is 97.9 cm³/mol. The van der Waals surface area contributed by atoms with Gasteiger partial charge in [0.25, 0.3) is 5.91 Å². The molecule has 0 saturated carbocycles. The Kier molecular flexibility index (Phi) is 7.79. The first-order valence-corrected chi connectivity index (χ1v) is 7.75. The number of hydrogen-bond acceptors (Lipinski definition) is 2. The van der Waals surface area contributed by atoms with Crippen LogP contribution in [0.2, 0.25) is 0 Å². The van der Waals surface area contributed by atoms with Gasteiger partial charge in [0.2, 0.25) is 0 Å². The Balaban J connectivity index is 0.00000264. The van der Waals surface area contributed by atoms with Crippen LogP contribution >= 0.6 is 12.4 Å². The molecule has 1 atom stereocenters. The van der Waals surface area contributed by atoms with Gasteiger partial charge in [-0.05, 0) is 36.1 Å². The molecule has 2 aromatic carbocycles. The van der Waals surface area contributed by atoms with Crippen LogP contribution in [0.3, 0.4) is 0 Å². The maximum absolute atomic E-state index is 12.6. The van der Waals surface area contributed by atoms with E-state index in [1.54, 1.807) is 0 Å². The lowest BCUT2D eigenvalue weighted by molar-refractivity contribution is 0.0727. The van der Waals surface area contributed by atoms with E-state index in [1.165, 1.54) is 5.56 Å². The first kappa shape index (κ1) is 19.2. The monoisotopic (exact) mass is 332 g/mol. The Labute approximate surface area is 144 Å². The molecule has 23 heavy (non-hydrogen) atoms. The largest absolute Gasteiger partial charge is 0.338 e. The highest BCUT2D eigenvalue weighted by molar-refractivity contribution is 5.94. The molecule has 1 amide bonds. The Bertz CT molecular complexity index is 599. The molecule has 0 fully saturated rings. The zero-order valence-electron chi connectivity index (χ0n) is 13.7. The molecule has 0 aromatic heterocycles. The van der Waals surface area contributed by atoms with Gasteiger partial charge in [-0.1, -0.05) is 49.4 Å². The van der Waals surface area contributed by atoms with Gasteiger partial charge in [-0.3, -0.25) is 4.79 Å². The number of rotatable bonds is 6. The van der Waals surface area contributed by atoms with E-state index in [2.05, 4.69) is 19.1 Å². The van der Waals surface area contributed by atoms with Gasteiger partial charge < -0.3 is 10.6 Å². The fourth-order valence-electron chi connectivity index (χ4n) is 2.59. The van der Waals surface area contributed by atoms with Crippen molar-refractivity contribution in [1.29, 1.82) is 0 Å². The molecule has 2 rings (SSSR count). The topological polar surface area (TPSA) is 46.3 Å². The molecule has 0 radical (unpaired) electrons. The van der Waals surface area contributed by atoms with Crippen LogP contribution in [0.5, 0.6) is 0 Å². The number of halogens is 1. The van der Waals surface area contributed by atoms with E-state index < -0.39 is 0 Å². The third-order valence-corrected chi connectivity index (χ3v) is 4.09. The van der Waals surface area contributed by atoms with Gasteiger partial charge in [-0.2, -0.15) is 0 Å². The maximum atomic E-state index is 12.6. The first-order chi connectivity index (χ1) is 10.7. The number of nitrogens with zero attached hydrogens (tertiary/aromatic N) is 1. The molecule has 124 valence electrons. The molecule has 0 aliphatic carbocycles. The van der Waals surface area contributed by atoms with E-state index in [0.29, 0.717) is 12.1 Å². The summed E-state index contributed by atoms with van der Waals surface area (Å²) in [6.45, 7) is 2.62. The Morgan fingerprint density at radius 1 is 1.04 bits per heavy atom. The number of benzene rings is 2. The molecule has 0 aliphatic heterocycles. The van der Waals surface area contributed by atoms with Crippen molar-refractivity contribution in [3.63, 3.8) is 0 Å². The zero-order chi connectivity index (χ0) is 15.9. The summed E-state index contributed by atoms with van der Waals surface area (Å²) >= 11 is 0. The zero-order valence-corrected chi connectivity index (χ0v) is 14.6. The minimum atomic E-state index is 0. The predicted octanol–water partition coefficient (Wildman–Crippen LogP) is 3.66. The maximum Gasteiger partial charge on any atom is 0.253 e. The van der Waals surface area contributed by atoms with Crippen LogP contribution in [0.25, 0.3) is 0 Å². The van der Waals surface area contributed by atoms with Gasteiger partial charge in [0.1, 0.15) is 0 Å². The van der Waals surface area contributed by atoms with Crippen LogP contribution in [-0.4, -0.2) is 23.9 Å². The van der Waals surface area contributed by atoms with Crippen LogP contribution in [0, 0.1) is 0 Å². The minimum absolute atomic E-state index is 0. The second-order valence-corrected chi connectivity index (χ2v) is 5.57. The molecule has 0 aliphatic rings. The van der Waals surface area contributed by atoms with E-state index >= 15 is 0 Å². The highest BCUT2D eigenvalue weighted by Crippen LogP contribution is 2.14. The van der Waals surface area contributed by atoms with Crippen molar-refractivity contribution in [3.8, 4) is 0 Å². The van der Waals surface area contributed by atoms with Gasteiger partial charge in [-0.15, -0.1) is 12.4 Å². The Hall–Kier alpha value is -1.84. The van der Waals surface area contributed by atoms with Crippen LogP contribution < -0.4 is 5.73 Å². The normalized spacial score (nSPS) is 11.4. The molecule has 0 bridgehead atoms. The summed E-state index contributed by atoms with van der Waals surface area (Å²) < 4.78 is 0. The van der Waals surface area contributed by atoms with Crippen LogP contribution in [-0.2, 0) is 13.0 Å². The number of likely N-dealkylation sites (N-methyl/N-ethyl adjacent to an activating group) is 1. The summed E-state index contributed by atoms with van der Waals surface area (Å²) in [5, 5.41) is 0. The fourth-order valence-corrected chi connectivity index (χ4v) is 2.59. The SMILES string of the molecule is CCC(Cc1ccccc1)N(C)C(=O)c1ccc(CN)cc1.Cl. The minimum Gasteiger partial charge on any atom is -0.338 e. The lowest BCUT2D eigenvalue weighted by Gasteiger charge is -2.27. The van der Waals surface area contributed by atoms with E-state index in [9.17, 15) is 4.79 Å². The van der Waals surface area contributed by atoms with Crippen LogP contribution in [0.15, 0.2) is 54.6 Å². The van der Waals surface area contributed by atoms with E-state index in [1.807, 2.05) is 54.4 Å². The van der Waals surface area contributed by atoms with Gasteiger partial charge >= 0.3 is 0 Å². The number of carbonyl (C=O) groups is 1. The van der Waals surface area contributed by atoms with Crippen molar-refractivity contribution >= 4 is 18.3 Å². The number of hydrogen-bond donors (Lipinski definition) is 1. The first-order valence-electron chi connectivity index (χ1n) is 7.75. The molecule has 2 N–H and O–H groups in total. The molecule has 1 unspecified atom stereocenters. The van der Waals surface area contributed by atoms with Crippen LogP contribution in [0.1, 0.15) is 34.8 Å². The second-order valence-electron chi connectivity index (χ2n) is 5.57. The molecular weight excluding hydrogens is 308 g/mol. The molecule has 4 heteroatoms. The Morgan fingerprint density at radius 2 is 1.65 bits per heavy atom. The smallest absolute Gasteiger partial charge is 0.253 e. The average Bonchev–Trinajstić information content (AvgIpc) is 2.59. The number of amides is 1. The fraction of sp³-hybridized carbons (Fsp3) is 0.316. The van der Waals surface area contributed by atoms with Crippen molar-refractivity contribution in [1.82, 2.24) is 4.90 Å². The summed E-state index contributed by atoms with van der Waals surface area (Å²) in [6, 6.07) is 18.0. The van der Waals surface area contributed by atoms with Crippen molar-refractivity contribution in [2.75, 3.05) is 7.05 Å². The molecular formula is C19H25ClN2O. The summed E-state index contributed by atoms with van der Waals surface area (Å²) in [4.78, 5) is 14.5. The molecule has 0 heterocycles. The molecule has 2 aromatic rings. The van der Waals surface area contributed by atoms with Gasteiger partial charge in [-0.25, -0.2) is 0 Å². The van der Waals surface area contributed by atoms with Crippen molar-refractivity contribution in [2.24, 2.45) is 5.73 Å². The molecule has 0 spiro atoms. The van der Waals surface area contributed by atoms with Gasteiger partial charge in [0.15, 0.2) is 0 Å². The summed E-state index contributed by atoms with van der Waals surface area (Å²) in [5.41, 5.74) is 8.60. The van der Waals surface area contributed by atoms with Crippen molar-refractivity contribution < 1.29 is 4.79 Å². The quantitative estimate of drug-likeness (QED) is 0.877. The Morgan fingerprint density at radius 3 is 2.17 bits per heavy atom. The third-order valence-electron chi connectivity index (χ3n) is 4.09. The second kappa shape index (κ2) is 9.33. The van der Waals surface area contributed by atoms with Crippen LogP contribution in [0.4, 0.5) is 0 Å². The number of nitrogens with two attached hydrogens (primary N) is 1. The summed E-state index contributed by atoms with van der Waals surface area (Å²) in [7, 11) is 1.89. The van der Waals surface area contributed by atoms with E-state index in [4.69, 9.17) is 5.73 Å². The van der Waals surface area contributed by atoms with Crippen molar-refractivity contribution in [3.05, 3.63) is 71.3 Å². The summed E-state index contributed by atoms with van der Waals surface area (Å²) in [6.07, 6.45) is 1.80. The van der Waals surface area contributed by atoms with E-state index in [0.717, 1.165) is 18.4 Å². The van der Waals surface area contributed by atoms with Crippen molar-refractivity contribution in [2.45, 2.75) is 32.4 Å². The van der Waals surface area contributed by atoms with E-state index in [-0.39, 0.29) is 24.4 Å². The van der Waals surface area contributed by atoms with Gasteiger partial charge in [0.05, 0.1) is 0 Å². The lowest BCUT2D eigenvalue weighted by Crippen LogP contribution is -2.38. The highest BCUT2D eigenvalue weighted by atomic mass is 35.5. The third kappa shape index (κ3) is 5.08. The van der Waals surface area contributed by atoms with Gasteiger partial charge in [0, 0.05) is 25.2 Å². The number of carbonyl (C=O) groups excluding carboxylic acids is 1.